The van der Waals surface area contributed by atoms with Crippen molar-refractivity contribution in [3.63, 3.8) is 0 Å². The number of esters is 1. The maximum atomic E-state index is 11.9. The Morgan fingerprint density at radius 1 is 1.26 bits per heavy atom. The van der Waals surface area contributed by atoms with Gasteiger partial charge in [-0.25, -0.2) is 4.79 Å². The highest BCUT2D eigenvalue weighted by molar-refractivity contribution is 7.83. The Morgan fingerprint density at radius 3 is 2.78 bits per heavy atom. The second-order valence-electron chi connectivity index (χ2n) is 4.85. The van der Waals surface area contributed by atoms with Crippen molar-refractivity contribution in [2.24, 2.45) is 0 Å². The number of furan rings is 1. The van der Waals surface area contributed by atoms with Gasteiger partial charge in [-0.1, -0.05) is 12.1 Å². The molecule has 1 atom stereocenters. The number of benzene rings is 1. The Labute approximate surface area is 136 Å². The summed E-state index contributed by atoms with van der Waals surface area (Å²) in [6.45, 7) is -0.134. The van der Waals surface area contributed by atoms with Gasteiger partial charge in [0, 0.05) is 22.8 Å². The van der Waals surface area contributed by atoms with Crippen LogP contribution in [0, 0.1) is 0 Å². The molecule has 0 saturated carbocycles. The number of ether oxygens (including phenoxy) is 1. The maximum Gasteiger partial charge on any atom is 0.338 e. The van der Waals surface area contributed by atoms with Gasteiger partial charge in [0.2, 0.25) is 0 Å². The second kappa shape index (κ2) is 8.28. The van der Waals surface area contributed by atoms with Gasteiger partial charge in [0.05, 0.1) is 18.4 Å². The smallest absolute Gasteiger partial charge is 0.338 e. The van der Waals surface area contributed by atoms with Crippen LogP contribution in [-0.4, -0.2) is 28.9 Å². The standard InChI is InChI=1S/C16H17NO5S/c1-23(20)11-12-4-2-5-13(8-12)16(19)22-10-15(18)17-9-14-6-3-7-21-14/h2-8H,9-11H2,1H3,(H,17,18). The SMILES string of the molecule is CS(=O)Cc1cccc(C(=O)OCC(=O)NCc2ccco2)c1. The maximum absolute atomic E-state index is 11.9. The number of carbonyl (C=O) groups excluding carboxylic acids is 2. The monoisotopic (exact) mass is 335 g/mol. The summed E-state index contributed by atoms with van der Waals surface area (Å²) in [7, 11) is -0.992. The molecule has 6 nitrogen and oxygen atoms in total. The van der Waals surface area contributed by atoms with Crippen LogP contribution >= 0.6 is 0 Å². The third kappa shape index (κ3) is 5.71. The molecule has 7 heteroatoms. The zero-order valence-corrected chi connectivity index (χ0v) is 13.4. The molecular formula is C16H17NO5S. The van der Waals surface area contributed by atoms with E-state index in [1.165, 1.54) is 6.26 Å². The van der Waals surface area contributed by atoms with Crippen LogP contribution in [0.1, 0.15) is 21.7 Å². The van der Waals surface area contributed by atoms with Gasteiger partial charge in [-0.3, -0.25) is 9.00 Å². The highest BCUT2D eigenvalue weighted by Crippen LogP contribution is 2.09. The zero-order chi connectivity index (χ0) is 16.7. The Hall–Kier alpha value is -2.41. The minimum Gasteiger partial charge on any atom is -0.467 e. The molecule has 0 saturated heterocycles. The van der Waals surface area contributed by atoms with E-state index in [0.717, 1.165) is 5.56 Å². The Balaban J connectivity index is 1.82. The van der Waals surface area contributed by atoms with E-state index in [-0.39, 0.29) is 13.2 Å². The average molecular weight is 335 g/mol. The lowest BCUT2D eigenvalue weighted by Crippen LogP contribution is -2.28. The Morgan fingerprint density at radius 2 is 2.09 bits per heavy atom. The summed E-state index contributed by atoms with van der Waals surface area (Å²) in [5.74, 6) is -0.0301. The van der Waals surface area contributed by atoms with Gasteiger partial charge >= 0.3 is 5.97 Å². The third-order valence-electron chi connectivity index (χ3n) is 2.91. The van der Waals surface area contributed by atoms with Crippen LogP contribution in [0.4, 0.5) is 0 Å². The molecule has 1 aromatic heterocycles. The third-order valence-corrected chi connectivity index (χ3v) is 3.65. The molecule has 0 bridgehead atoms. The summed E-state index contributed by atoms with van der Waals surface area (Å²) in [5, 5.41) is 2.58. The second-order valence-corrected chi connectivity index (χ2v) is 6.29. The summed E-state index contributed by atoms with van der Waals surface area (Å²) in [6.07, 6.45) is 3.10. The molecule has 0 aliphatic heterocycles. The first kappa shape index (κ1) is 17.0. The first-order valence-electron chi connectivity index (χ1n) is 6.90. The van der Waals surface area contributed by atoms with Gasteiger partial charge in [0.25, 0.3) is 5.91 Å². The molecular weight excluding hydrogens is 318 g/mol. The predicted molar refractivity (Wildman–Crippen MR) is 85.0 cm³/mol. The largest absolute Gasteiger partial charge is 0.467 e. The summed E-state index contributed by atoms with van der Waals surface area (Å²) in [4.78, 5) is 23.5. The Kier molecular flexibility index (Phi) is 6.10. The topological polar surface area (TPSA) is 85.6 Å². The van der Waals surface area contributed by atoms with Crippen molar-refractivity contribution < 1.29 is 23.0 Å². The molecule has 1 N–H and O–H groups in total. The van der Waals surface area contributed by atoms with E-state index in [9.17, 15) is 13.8 Å². The van der Waals surface area contributed by atoms with Crippen LogP contribution in [-0.2, 0) is 32.6 Å². The van der Waals surface area contributed by atoms with Crippen molar-refractivity contribution in [2.75, 3.05) is 12.9 Å². The van der Waals surface area contributed by atoms with Gasteiger partial charge in [0.1, 0.15) is 5.76 Å². The van der Waals surface area contributed by atoms with Crippen molar-refractivity contribution >= 4 is 22.7 Å². The molecule has 1 aromatic carbocycles. The van der Waals surface area contributed by atoms with E-state index < -0.39 is 22.7 Å². The van der Waals surface area contributed by atoms with E-state index in [2.05, 4.69) is 5.32 Å². The van der Waals surface area contributed by atoms with Crippen LogP contribution < -0.4 is 5.32 Å². The van der Waals surface area contributed by atoms with Gasteiger partial charge in [-0.05, 0) is 29.8 Å². The minimum absolute atomic E-state index is 0.237. The first-order chi connectivity index (χ1) is 11.0. The highest BCUT2D eigenvalue weighted by atomic mass is 32.2. The number of carbonyl (C=O) groups is 2. The van der Waals surface area contributed by atoms with Crippen LogP contribution in [0.15, 0.2) is 47.1 Å². The molecule has 0 radical (unpaired) electrons. The number of nitrogens with one attached hydrogen (secondary N) is 1. The molecule has 0 fully saturated rings. The lowest BCUT2D eigenvalue weighted by Gasteiger charge is -2.06. The fraction of sp³-hybridized carbons (Fsp3) is 0.250. The molecule has 0 spiro atoms. The number of amides is 1. The molecule has 2 rings (SSSR count). The van der Waals surface area contributed by atoms with Crippen LogP contribution in [0.2, 0.25) is 0 Å². The number of rotatable bonds is 7. The fourth-order valence-electron chi connectivity index (χ4n) is 1.89. The van der Waals surface area contributed by atoms with E-state index >= 15 is 0 Å². The van der Waals surface area contributed by atoms with E-state index in [1.807, 2.05) is 0 Å². The minimum atomic E-state index is -0.992. The van der Waals surface area contributed by atoms with Gasteiger partial charge in [-0.2, -0.15) is 0 Å². The zero-order valence-electron chi connectivity index (χ0n) is 12.6. The van der Waals surface area contributed by atoms with Crippen LogP contribution in [0.5, 0.6) is 0 Å². The lowest BCUT2D eigenvalue weighted by atomic mass is 10.1. The number of hydrogen-bond acceptors (Lipinski definition) is 5. The number of hydrogen-bond donors (Lipinski definition) is 1. The molecule has 0 aliphatic rings. The molecule has 0 aliphatic carbocycles. The lowest BCUT2D eigenvalue weighted by molar-refractivity contribution is -0.124. The molecule has 2 aromatic rings. The molecule has 1 amide bonds. The summed E-state index contributed by atoms with van der Waals surface area (Å²) < 4.78 is 21.3. The van der Waals surface area contributed by atoms with Crippen LogP contribution in [0.25, 0.3) is 0 Å². The quantitative estimate of drug-likeness (QED) is 0.777. The van der Waals surface area contributed by atoms with Crippen molar-refractivity contribution in [2.45, 2.75) is 12.3 Å². The summed E-state index contributed by atoms with van der Waals surface area (Å²) in [6, 6.07) is 10.1. The van der Waals surface area contributed by atoms with Crippen molar-refractivity contribution in [3.05, 3.63) is 59.5 Å². The fourth-order valence-corrected chi connectivity index (χ4v) is 2.54. The molecule has 1 unspecified atom stereocenters. The van der Waals surface area contributed by atoms with Gasteiger partial charge in [-0.15, -0.1) is 0 Å². The summed E-state index contributed by atoms with van der Waals surface area (Å²) >= 11 is 0. The van der Waals surface area contributed by atoms with Gasteiger partial charge in [0.15, 0.2) is 6.61 Å². The van der Waals surface area contributed by atoms with Crippen molar-refractivity contribution in [1.82, 2.24) is 5.32 Å². The Bertz CT molecular complexity index is 696. The normalized spacial score (nSPS) is 11.7. The molecule has 1 heterocycles. The van der Waals surface area contributed by atoms with Crippen LogP contribution in [0.3, 0.4) is 0 Å². The molecule has 122 valence electrons. The predicted octanol–water partition coefficient (Wildman–Crippen LogP) is 1.63. The van der Waals surface area contributed by atoms with Crippen molar-refractivity contribution in [1.29, 1.82) is 0 Å². The summed E-state index contributed by atoms with van der Waals surface area (Å²) in [5.41, 5.74) is 1.11. The van der Waals surface area contributed by atoms with Gasteiger partial charge < -0.3 is 14.5 Å². The van der Waals surface area contributed by atoms with Crippen molar-refractivity contribution in [3.8, 4) is 0 Å². The van der Waals surface area contributed by atoms with E-state index in [4.69, 9.17) is 9.15 Å². The molecule has 23 heavy (non-hydrogen) atoms. The highest BCUT2D eigenvalue weighted by Gasteiger charge is 2.11. The first-order valence-corrected chi connectivity index (χ1v) is 8.62. The van der Waals surface area contributed by atoms with E-state index in [0.29, 0.717) is 17.1 Å². The van der Waals surface area contributed by atoms with E-state index in [1.54, 1.807) is 42.7 Å². The average Bonchev–Trinajstić information content (AvgIpc) is 3.03.